The lowest BCUT2D eigenvalue weighted by molar-refractivity contribution is 1.09. The molecular formula is C17H13N3S. The van der Waals surface area contributed by atoms with Gasteiger partial charge in [-0.05, 0) is 61.0 Å². The number of aryl methyl sites for hydroxylation is 2. The first-order valence-corrected chi connectivity index (χ1v) is 7.40. The highest BCUT2D eigenvalue weighted by Crippen LogP contribution is 2.30. The Hall–Kier alpha value is -2.38. The molecule has 1 aromatic carbocycles. The molecule has 0 amide bonds. The van der Waals surface area contributed by atoms with Crippen LogP contribution in [0.4, 0.5) is 0 Å². The SMILES string of the molecule is Cc1ccc2c(C)cc(Sc3ncccc3C#N)nc2c1. The Morgan fingerprint density at radius 1 is 1.14 bits per heavy atom. The highest BCUT2D eigenvalue weighted by atomic mass is 32.2. The van der Waals surface area contributed by atoms with Crippen LogP contribution in [0.3, 0.4) is 0 Å². The fourth-order valence-corrected chi connectivity index (χ4v) is 3.11. The Kier molecular flexibility index (Phi) is 3.59. The van der Waals surface area contributed by atoms with Gasteiger partial charge in [-0.3, -0.25) is 0 Å². The Morgan fingerprint density at radius 3 is 2.81 bits per heavy atom. The van der Waals surface area contributed by atoms with Crippen molar-refractivity contribution in [3.05, 3.63) is 59.3 Å². The maximum absolute atomic E-state index is 9.14. The molecule has 2 heterocycles. The summed E-state index contributed by atoms with van der Waals surface area (Å²) in [4.78, 5) is 8.95. The Balaban J connectivity index is 2.07. The molecule has 0 bridgehead atoms. The van der Waals surface area contributed by atoms with Crippen LogP contribution in [0, 0.1) is 25.2 Å². The number of aromatic nitrogens is 2. The molecule has 102 valence electrons. The molecule has 3 aromatic rings. The summed E-state index contributed by atoms with van der Waals surface area (Å²) in [6.07, 6.45) is 1.70. The molecule has 2 aromatic heterocycles. The molecule has 4 heteroatoms. The third-order valence-corrected chi connectivity index (χ3v) is 4.18. The molecule has 0 aliphatic rings. The number of hydrogen-bond acceptors (Lipinski definition) is 4. The lowest BCUT2D eigenvalue weighted by Gasteiger charge is -2.07. The van der Waals surface area contributed by atoms with E-state index in [1.54, 1.807) is 18.3 Å². The first kappa shape index (κ1) is 13.6. The number of fused-ring (bicyclic) bond motifs is 1. The van der Waals surface area contributed by atoms with Gasteiger partial charge in [-0.2, -0.15) is 5.26 Å². The van der Waals surface area contributed by atoms with Gasteiger partial charge in [0.1, 0.15) is 16.1 Å². The monoisotopic (exact) mass is 291 g/mol. The van der Waals surface area contributed by atoms with Gasteiger partial charge in [0.05, 0.1) is 11.1 Å². The van der Waals surface area contributed by atoms with E-state index in [1.165, 1.54) is 22.9 Å². The zero-order valence-corrected chi connectivity index (χ0v) is 12.6. The summed E-state index contributed by atoms with van der Waals surface area (Å²) in [6.45, 7) is 4.13. The lowest BCUT2D eigenvalue weighted by Crippen LogP contribution is -1.90. The van der Waals surface area contributed by atoms with Gasteiger partial charge in [0.15, 0.2) is 0 Å². The van der Waals surface area contributed by atoms with Crippen LogP contribution in [0.25, 0.3) is 10.9 Å². The molecule has 0 spiro atoms. The fraction of sp³-hybridized carbons (Fsp3) is 0.118. The molecule has 21 heavy (non-hydrogen) atoms. The summed E-state index contributed by atoms with van der Waals surface area (Å²) in [5.41, 5.74) is 3.92. The van der Waals surface area contributed by atoms with Crippen molar-refractivity contribution >= 4 is 22.7 Å². The Morgan fingerprint density at radius 2 is 2.00 bits per heavy atom. The molecule has 0 aliphatic carbocycles. The number of benzene rings is 1. The molecule has 0 radical (unpaired) electrons. The van der Waals surface area contributed by atoms with Crippen LogP contribution < -0.4 is 0 Å². The number of pyridine rings is 2. The molecule has 0 fully saturated rings. The van der Waals surface area contributed by atoms with Crippen molar-refractivity contribution in [1.82, 2.24) is 9.97 Å². The predicted octanol–water partition coefficient (Wildman–Crippen LogP) is 4.27. The van der Waals surface area contributed by atoms with Gasteiger partial charge in [0.2, 0.25) is 0 Å². The van der Waals surface area contributed by atoms with Gasteiger partial charge in [0.25, 0.3) is 0 Å². The third-order valence-electron chi connectivity index (χ3n) is 3.24. The summed E-state index contributed by atoms with van der Waals surface area (Å²) >= 11 is 1.43. The standard InChI is InChI=1S/C17H13N3S/c1-11-5-6-14-12(2)9-16(20-15(14)8-11)21-17-13(10-18)4-3-7-19-17/h3-9H,1-2H3. The molecule has 0 aliphatic heterocycles. The van der Waals surface area contributed by atoms with Crippen LogP contribution in [0.1, 0.15) is 16.7 Å². The first-order valence-electron chi connectivity index (χ1n) is 6.58. The van der Waals surface area contributed by atoms with E-state index in [1.807, 2.05) is 6.07 Å². The van der Waals surface area contributed by atoms with Crippen LogP contribution in [-0.2, 0) is 0 Å². The third kappa shape index (κ3) is 2.74. The van der Waals surface area contributed by atoms with E-state index >= 15 is 0 Å². The van der Waals surface area contributed by atoms with Gasteiger partial charge in [-0.1, -0.05) is 12.1 Å². The summed E-state index contributed by atoms with van der Waals surface area (Å²) < 4.78 is 0. The Labute approximate surface area is 127 Å². The molecule has 3 rings (SSSR count). The van der Waals surface area contributed by atoms with Gasteiger partial charge in [-0.25, -0.2) is 9.97 Å². The minimum absolute atomic E-state index is 0.575. The highest BCUT2D eigenvalue weighted by Gasteiger charge is 2.08. The average Bonchev–Trinajstić information content (AvgIpc) is 2.47. The van der Waals surface area contributed by atoms with Crippen molar-refractivity contribution in [3.8, 4) is 6.07 Å². The number of nitriles is 1. The number of nitrogens with zero attached hydrogens (tertiary/aromatic N) is 3. The van der Waals surface area contributed by atoms with E-state index in [0.717, 1.165) is 15.9 Å². The van der Waals surface area contributed by atoms with Crippen molar-refractivity contribution in [2.45, 2.75) is 23.9 Å². The van der Waals surface area contributed by atoms with Crippen LogP contribution in [0.2, 0.25) is 0 Å². The molecule has 3 nitrogen and oxygen atoms in total. The van der Waals surface area contributed by atoms with Gasteiger partial charge in [0, 0.05) is 11.6 Å². The van der Waals surface area contributed by atoms with E-state index in [0.29, 0.717) is 10.6 Å². The van der Waals surface area contributed by atoms with Gasteiger partial charge in [-0.15, -0.1) is 0 Å². The predicted molar refractivity (Wildman–Crippen MR) is 84.3 cm³/mol. The summed E-state index contributed by atoms with van der Waals surface area (Å²) in [5, 5.41) is 11.8. The maximum atomic E-state index is 9.14. The average molecular weight is 291 g/mol. The second-order valence-corrected chi connectivity index (χ2v) is 5.88. The largest absolute Gasteiger partial charge is 0.248 e. The molecule has 0 saturated heterocycles. The maximum Gasteiger partial charge on any atom is 0.120 e. The summed E-state index contributed by atoms with van der Waals surface area (Å²) in [6, 6.07) is 14.0. The van der Waals surface area contributed by atoms with Crippen LogP contribution in [0.15, 0.2) is 52.6 Å². The summed E-state index contributed by atoms with van der Waals surface area (Å²) in [7, 11) is 0. The minimum Gasteiger partial charge on any atom is -0.248 e. The second kappa shape index (κ2) is 5.55. The van der Waals surface area contributed by atoms with E-state index in [2.05, 4.69) is 48.1 Å². The lowest BCUT2D eigenvalue weighted by atomic mass is 10.1. The fourth-order valence-electron chi connectivity index (χ4n) is 2.19. The normalized spacial score (nSPS) is 10.5. The molecular weight excluding hydrogens is 278 g/mol. The first-order chi connectivity index (χ1) is 10.2. The second-order valence-electron chi connectivity index (χ2n) is 4.87. The Bertz CT molecular complexity index is 866. The van der Waals surface area contributed by atoms with Crippen LogP contribution in [-0.4, -0.2) is 9.97 Å². The number of hydrogen-bond donors (Lipinski definition) is 0. The van der Waals surface area contributed by atoms with Crippen molar-refractivity contribution in [2.75, 3.05) is 0 Å². The van der Waals surface area contributed by atoms with Crippen molar-refractivity contribution in [1.29, 1.82) is 5.26 Å². The molecule has 0 N–H and O–H groups in total. The summed E-state index contributed by atoms with van der Waals surface area (Å²) in [5.74, 6) is 0. The molecule has 0 saturated carbocycles. The zero-order valence-electron chi connectivity index (χ0n) is 11.8. The number of rotatable bonds is 2. The smallest absolute Gasteiger partial charge is 0.120 e. The van der Waals surface area contributed by atoms with Crippen LogP contribution >= 0.6 is 11.8 Å². The topological polar surface area (TPSA) is 49.6 Å². The molecule has 0 atom stereocenters. The van der Waals surface area contributed by atoms with E-state index in [-0.39, 0.29) is 0 Å². The van der Waals surface area contributed by atoms with Crippen LogP contribution in [0.5, 0.6) is 0 Å². The van der Waals surface area contributed by atoms with Crippen molar-refractivity contribution < 1.29 is 0 Å². The minimum atomic E-state index is 0.575. The van der Waals surface area contributed by atoms with E-state index < -0.39 is 0 Å². The zero-order chi connectivity index (χ0) is 14.8. The molecule has 0 unspecified atom stereocenters. The van der Waals surface area contributed by atoms with E-state index in [4.69, 9.17) is 5.26 Å². The van der Waals surface area contributed by atoms with Crippen molar-refractivity contribution in [3.63, 3.8) is 0 Å². The quantitative estimate of drug-likeness (QED) is 0.707. The highest BCUT2D eigenvalue weighted by molar-refractivity contribution is 7.99. The van der Waals surface area contributed by atoms with Crippen molar-refractivity contribution in [2.24, 2.45) is 0 Å². The van der Waals surface area contributed by atoms with E-state index in [9.17, 15) is 0 Å². The van der Waals surface area contributed by atoms with Gasteiger partial charge < -0.3 is 0 Å². The van der Waals surface area contributed by atoms with Gasteiger partial charge >= 0.3 is 0 Å².